The summed E-state index contributed by atoms with van der Waals surface area (Å²) in [6.45, 7) is 0. The molecule has 0 radical (unpaired) electrons. The van der Waals surface area contributed by atoms with Gasteiger partial charge in [0, 0.05) is 4.88 Å². The van der Waals surface area contributed by atoms with Crippen LogP contribution in [0.1, 0.15) is 15.2 Å². The highest BCUT2D eigenvalue weighted by Crippen LogP contribution is 2.20. The average Bonchev–Trinajstić information content (AvgIpc) is 2.76. The van der Waals surface area contributed by atoms with Crippen LogP contribution >= 0.6 is 27.3 Å². The summed E-state index contributed by atoms with van der Waals surface area (Å²) in [6, 6.07) is 10.3. The highest BCUT2D eigenvalue weighted by molar-refractivity contribution is 9.11. The lowest BCUT2D eigenvalue weighted by Crippen LogP contribution is -1.96. The first kappa shape index (κ1) is 12.8. The van der Waals surface area contributed by atoms with Gasteiger partial charge in [0.1, 0.15) is 0 Å². The summed E-state index contributed by atoms with van der Waals surface area (Å²) in [5.41, 5.74) is 3.84. The predicted molar refractivity (Wildman–Crippen MR) is 76.6 cm³/mol. The minimum Gasteiger partial charge on any atom is -0.478 e. The van der Waals surface area contributed by atoms with Gasteiger partial charge in [0.25, 0.3) is 0 Å². The van der Waals surface area contributed by atoms with Gasteiger partial charge in [-0.3, -0.25) is 5.43 Å². The number of nitrogens with one attached hydrogen (secondary N) is 1. The van der Waals surface area contributed by atoms with Crippen LogP contribution in [0.3, 0.4) is 0 Å². The van der Waals surface area contributed by atoms with Crippen LogP contribution in [0, 0.1) is 0 Å². The molecule has 0 unspecified atom stereocenters. The van der Waals surface area contributed by atoms with E-state index < -0.39 is 5.97 Å². The van der Waals surface area contributed by atoms with Gasteiger partial charge in [0.2, 0.25) is 0 Å². The Labute approximate surface area is 116 Å². The highest BCUT2D eigenvalue weighted by Gasteiger charge is 2.00. The predicted octanol–water partition coefficient (Wildman–Crippen LogP) is 3.65. The van der Waals surface area contributed by atoms with Crippen LogP contribution in [0.4, 0.5) is 5.69 Å². The van der Waals surface area contributed by atoms with Gasteiger partial charge in [-0.2, -0.15) is 5.10 Å². The SMILES string of the molecule is O=C(O)c1ccc(N/N=C\c2ccc(Br)s2)cc1. The molecular weight excluding hydrogens is 316 g/mol. The summed E-state index contributed by atoms with van der Waals surface area (Å²) in [7, 11) is 0. The third-order valence-corrected chi connectivity index (χ3v) is 3.67. The van der Waals surface area contributed by atoms with E-state index in [4.69, 9.17) is 5.11 Å². The summed E-state index contributed by atoms with van der Waals surface area (Å²) in [5, 5.41) is 12.8. The molecule has 92 valence electrons. The van der Waals surface area contributed by atoms with E-state index in [1.807, 2.05) is 12.1 Å². The van der Waals surface area contributed by atoms with E-state index >= 15 is 0 Å². The van der Waals surface area contributed by atoms with Crippen molar-refractivity contribution in [3.63, 3.8) is 0 Å². The van der Waals surface area contributed by atoms with Crippen LogP contribution in [0.2, 0.25) is 0 Å². The lowest BCUT2D eigenvalue weighted by atomic mass is 10.2. The first-order valence-electron chi connectivity index (χ1n) is 5.03. The highest BCUT2D eigenvalue weighted by atomic mass is 79.9. The number of thiophene rings is 1. The zero-order chi connectivity index (χ0) is 13.0. The fourth-order valence-electron chi connectivity index (χ4n) is 1.26. The van der Waals surface area contributed by atoms with Crippen molar-refractivity contribution < 1.29 is 9.90 Å². The largest absolute Gasteiger partial charge is 0.478 e. The number of carboxylic acids is 1. The molecule has 2 rings (SSSR count). The standard InChI is InChI=1S/C12H9BrN2O2S/c13-11-6-5-10(18-11)7-14-15-9-3-1-8(2-4-9)12(16)17/h1-7,15H,(H,16,17)/b14-7-. The second-order valence-corrected chi connectivity index (χ2v) is 5.89. The number of carboxylic acid groups (broad SMARTS) is 1. The fraction of sp³-hybridized carbons (Fsp3) is 0. The number of nitrogens with zero attached hydrogens (tertiary/aromatic N) is 1. The zero-order valence-corrected chi connectivity index (χ0v) is 11.5. The number of aromatic carboxylic acids is 1. The molecule has 0 atom stereocenters. The Hall–Kier alpha value is -1.66. The minimum atomic E-state index is -0.937. The number of anilines is 1. The molecule has 0 spiro atoms. The normalized spacial score (nSPS) is 10.7. The van der Waals surface area contributed by atoms with E-state index in [0.29, 0.717) is 0 Å². The maximum atomic E-state index is 10.7. The monoisotopic (exact) mass is 324 g/mol. The van der Waals surface area contributed by atoms with Crippen molar-refractivity contribution in [2.45, 2.75) is 0 Å². The molecule has 0 fully saturated rings. The average molecular weight is 325 g/mol. The second kappa shape index (κ2) is 5.79. The molecule has 0 aliphatic rings. The number of rotatable bonds is 4. The van der Waals surface area contributed by atoms with E-state index in [1.54, 1.807) is 29.7 Å². The van der Waals surface area contributed by atoms with Gasteiger partial charge in [0.15, 0.2) is 0 Å². The van der Waals surface area contributed by atoms with Crippen LogP contribution in [0.15, 0.2) is 45.3 Å². The molecule has 1 aromatic heterocycles. The maximum Gasteiger partial charge on any atom is 0.335 e. The molecule has 0 aliphatic carbocycles. The molecule has 18 heavy (non-hydrogen) atoms. The maximum absolute atomic E-state index is 10.7. The molecule has 1 heterocycles. The summed E-state index contributed by atoms with van der Waals surface area (Å²) in [6.07, 6.45) is 1.71. The lowest BCUT2D eigenvalue weighted by molar-refractivity contribution is 0.0697. The molecule has 2 N–H and O–H groups in total. The van der Waals surface area contributed by atoms with Gasteiger partial charge < -0.3 is 5.11 Å². The van der Waals surface area contributed by atoms with Crippen molar-refractivity contribution in [3.8, 4) is 0 Å². The molecule has 0 bridgehead atoms. The van der Waals surface area contributed by atoms with Crippen molar-refractivity contribution in [2.24, 2.45) is 5.10 Å². The smallest absolute Gasteiger partial charge is 0.335 e. The van der Waals surface area contributed by atoms with E-state index in [2.05, 4.69) is 26.5 Å². The summed E-state index contributed by atoms with van der Waals surface area (Å²) in [4.78, 5) is 11.7. The van der Waals surface area contributed by atoms with Crippen molar-refractivity contribution in [1.29, 1.82) is 0 Å². The topological polar surface area (TPSA) is 61.7 Å². The molecule has 6 heteroatoms. The van der Waals surface area contributed by atoms with Gasteiger partial charge >= 0.3 is 5.97 Å². The molecule has 0 saturated carbocycles. The van der Waals surface area contributed by atoms with E-state index in [0.717, 1.165) is 14.4 Å². The molecule has 2 aromatic rings. The first-order valence-corrected chi connectivity index (χ1v) is 6.64. The van der Waals surface area contributed by atoms with Crippen molar-refractivity contribution in [2.75, 3.05) is 5.43 Å². The Morgan fingerprint density at radius 2 is 2.00 bits per heavy atom. The summed E-state index contributed by atoms with van der Waals surface area (Å²) >= 11 is 4.95. The van der Waals surface area contributed by atoms with Crippen LogP contribution in [-0.2, 0) is 0 Å². The van der Waals surface area contributed by atoms with E-state index in [-0.39, 0.29) is 5.56 Å². The van der Waals surface area contributed by atoms with Gasteiger partial charge in [-0.25, -0.2) is 4.79 Å². The van der Waals surface area contributed by atoms with Gasteiger partial charge in [-0.05, 0) is 52.3 Å². The number of benzene rings is 1. The lowest BCUT2D eigenvalue weighted by Gasteiger charge is -1.99. The van der Waals surface area contributed by atoms with Gasteiger partial charge in [-0.15, -0.1) is 11.3 Å². The zero-order valence-electron chi connectivity index (χ0n) is 9.13. The molecule has 4 nitrogen and oxygen atoms in total. The number of halogens is 1. The Morgan fingerprint density at radius 3 is 2.56 bits per heavy atom. The Morgan fingerprint density at radius 1 is 1.28 bits per heavy atom. The third kappa shape index (κ3) is 3.41. The fourth-order valence-corrected chi connectivity index (χ4v) is 2.55. The number of hydrazone groups is 1. The Bertz CT molecular complexity index is 578. The molecule has 0 saturated heterocycles. The van der Waals surface area contributed by atoms with Crippen LogP contribution in [-0.4, -0.2) is 17.3 Å². The van der Waals surface area contributed by atoms with E-state index in [1.165, 1.54) is 12.1 Å². The number of hydrogen-bond donors (Lipinski definition) is 2. The van der Waals surface area contributed by atoms with Crippen molar-refractivity contribution in [1.82, 2.24) is 0 Å². The first-order chi connectivity index (χ1) is 8.65. The van der Waals surface area contributed by atoms with Crippen molar-refractivity contribution >= 4 is 45.1 Å². The van der Waals surface area contributed by atoms with Crippen molar-refractivity contribution in [3.05, 3.63) is 50.6 Å². The number of hydrogen-bond acceptors (Lipinski definition) is 4. The van der Waals surface area contributed by atoms with Crippen LogP contribution in [0.5, 0.6) is 0 Å². The molecule has 0 aliphatic heterocycles. The van der Waals surface area contributed by atoms with Gasteiger partial charge in [0.05, 0.1) is 21.3 Å². The number of carbonyl (C=O) groups is 1. The Kier molecular flexibility index (Phi) is 4.11. The third-order valence-electron chi connectivity index (χ3n) is 2.11. The molecule has 1 aromatic carbocycles. The van der Waals surface area contributed by atoms with Crippen LogP contribution < -0.4 is 5.43 Å². The quantitative estimate of drug-likeness (QED) is 0.666. The minimum absolute atomic E-state index is 0.256. The molecular formula is C12H9BrN2O2S. The van der Waals surface area contributed by atoms with Gasteiger partial charge in [-0.1, -0.05) is 0 Å². The molecule has 0 amide bonds. The summed E-state index contributed by atoms with van der Waals surface area (Å²) in [5.74, 6) is -0.937. The Balaban J connectivity index is 1.98. The second-order valence-electron chi connectivity index (χ2n) is 3.39. The van der Waals surface area contributed by atoms with E-state index in [9.17, 15) is 4.79 Å². The van der Waals surface area contributed by atoms with Crippen LogP contribution in [0.25, 0.3) is 0 Å². The summed E-state index contributed by atoms with van der Waals surface area (Å²) < 4.78 is 1.05.